The number of hydrogen-bond acceptors (Lipinski definition) is 6. The summed E-state index contributed by atoms with van der Waals surface area (Å²) < 4.78 is 54.2. The second kappa shape index (κ2) is 8.80. The number of pyridine rings is 1. The predicted octanol–water partition coefficient (Wildman–Crippen LogP) is 4.84. The molecule has 0 bridgehead atoms. The number of nitrogens with zero attached hydrogens (tertiary/aromatic N) is 2. The summed E-state index contributed by atoms with van der Waals surface area (Å²) in [5.41, 5.74) is -0.328. The average molecular weight is 464 g/mol. The van der Waals surface area contributed by atoms with Crippen LogP contribution in [0.4, 0.5) is 14.5 Å². The number of halogens is 2. The Kier molecular flexibility index (Phi) is 6.10. The lowest BCUT2D eigenvalue weighted by Crippen LogP contribution is -2.25. The van der Waals surface area contributed by atoms with E-state index in [0.717, 1.165) is 42.7 Å². The van der Waals surface area contributed by atoms with Crippen molar-refractivity contribution < 1.29 is 22.0 Å². The fraction of sp³-hybridized carbons (Fsp3) is 0.286. The number of aromatic nitrogens is 2. The van der Waals surface area contributed by atoms with Crippen molar-refractivity contribution >= 4 is 32.8 Å². The molecule has 2 heterocycles. The summed E-state index contributed by atoms with van der Waals surface area (Å²) in [6.45, 7) is 0. The molecule has 1 amide bonds. The maximum atomic E-state index is 14.0. The number of thiazole rings is 1. The topological polar surface area (TPSA) is 89.0 Å². The van der Waals surface area contributed by atoms with Gasteiger partial charge in [-0.1, -0.05) is 25.3 Å². The van der Waals surface area contributed by atoms with Crippen molar-refractivity contribution in [3.63, 3.8) is 0 Å². The Morgan fingerprint density at radius 3 is 2.52 bits per heavy atom. The van der Waals surface area contributed by atoms with Gasteiger partial charge in [-0.3, -0.25) is 9.78 Å². The molecule has 3 aromatic rings. The molecular formula is C21H19F2N3O3S2. The first-order chi connectivity index (χ1) is 14.9. The Morgan fingerprint density at radius 2 is 1.81 bits per heavy atom. The third-order valence-corrected chi connectivity index (χ3v) is 8.42. The molecule has 0 radical (unpaired) electrons. The lowest BCUT2D eigenvalue weighted by molar-refractivity contribution is 0.102. The van der Waals surface area contributed by atoms with Crippen LogP contribution in [-0.2, 0) is 9.84 Å². The zero-order chi connectivity index (χ0) is 22.0. The maximum Gasteiger partial charge on any atom is 0.275 e. The smallest absolute Gasteiger partial charge is 0.275 e. The number of carbonyl (C=O) groups excluding carboxylic acids is 1. The minimum Gasteiger partial charge on any atom is -0.318 e. The van der Waals surface area contributed by atoms with Crippen molar-refractivity contribution in [1.29, 1.82) is 0 Å². The largest absolute Gasteiger partial charge is 0.318 e. The van der Waals surface area contributed by atoms with Gasteiger partial charge in [-0.25, -0.2) is 22.2 Å². The zero-order valence-corrected chi connectivity index (χ0v) is 18.0. The third kappa shape index (κ3) is 4.35. The van der Waals surface area contributed by atoms with Gasteiger partial charge in [0.05, 0.1) is 27.6 Å². The summed E-state index contributed by atoms with van der Waals surface area (Å²) >= 11 is 0.917. The number of sulfone groups is 1. The fourth-order valence-electron chi connectivity index (χ4n) is 3.66. The van der Waals surface area contributed by atoms with E-state index in [1.165, 1.54) is 29.9 Å². The second-order valence-electron chi connectivity index (χ2n) is 7.27. The van der Waals surface area contributed by atoms with Gasteiger partial charge in [0.2, 0.25) is 0 Å². The molecule has 1 saturated carbocycles. The van der Waals surface area contributed by atoms with Gasteiger partial charge >= 0.3 is 0 Å². The molecule has 6 nitrogen and oxygen atoms in total. The highest BCUT2D eigenvalue weighted by atomic mass is 32.2. The molecule has 1 N–H and O–H groups in total. The normalized spacial score (nSPS) is 15.0. The Hall–Kier alpha value is -2.72. The number of nitrogens with one attached hydrogen (secondary N) is 1. The molecule has 2 aromatic heterocycles. The van der Waals surface area contributed by atoms with Gasteiger partial charge in [0.25, 0.3) is 5.91 Å². The Morgan fingerprint density at radius 1 is 1.10 bits per heavy atom. The van der Waals surface area contributed by atoms with Crippen molar-refractivity contribution in [2.75, 3.05) is 5.32 Å². The van der Waals surface area contributed by atoms with Crippen LogP contribution in [0.15, 0.2) is 46.9 Å². The predicted molar refractivity (Wildman–Crippen MR) is 114 cm³/mol. The number of benzene rings is 1. The first-order valence-electron chi connectivity index (χ1n) is 9.77. The molecule has 4 rings (SSSR count). The van der Waals surface area contributed by atoms with E-state index in [0.29, 0.717) is 12.8 Å². The number of carbonyl (C=O) groups is 1. The van der Waals surface area contributed by atoms with Gasteiger partial charge in [0.1, 0.15) is 22.3 Å². The zero-order valence-electron chi connectivity index (χ0n) is 16.3. The van der Waals surface area contributed by atoms with Gasteiger partial charge in [0.15, 0.2) is 9.84 Å². The van der Waals surface area contributed by atoms with Crippen LogP contribution in [0.3, 0.4) is 0 Å². The van der Waals surface area contributed by atoms with Crippen LogP contribution in [-0.4, -0.2) is 29.5 Å². The minimum absolute atomic E-state index is 0.0124. The van der Waals surface area contributed by atoms with Crippen LogP contribution in [0.25, 0.3) is 10.6 Å². The van der Waals surface area contributed by atoms with E-state index in [2.05, 4.69) is 15.3 Å². The molecule has 1 fully saturated rings. The van der Waals surface area contributed by atoms with E-state index >= 15 is 0 Å². The van der Waals surface area contributed by atoms with Crippen molar-refractivity contribution in [2.24, 2.45) is 0 Å². The van der Waals surface area contributed by atoms with E-state index in [4.69, 9.17) is 0 Å². The fourth-order valence-corrected chi connectivity index (χ4v) is 6.48. The minimum atomic E-state index is -3.64. The van der Waals surface area contributed by atoms with Crippen LogP contribution in [0.1, 0.15) is 42.6 Å². The molecule has 1 aliphatic carbocycles. The van der Waals surface area contributed by atoms with E-state index < -0.39 is 32.6 Å². The number of hydrogen-bond donors (Lipinski definition) is 1. The quantitative estimate of drug-likeness (QED) is 0.585. The number of rotatable bonds is 5. The summed E-state index contributed by atoms with van der Waals surface area (Å²) in [6.07, 6.45) is 6.53. The SMILES string of the molecule is O=C(Nc1cnccc1S(=O)(=O)C1CCCCC1)c1csc(-c2c(F)cccc2F)n1. The van der Waals surface area contributed by atoms with Crippen LogP contribution in [0.2, 0.25) is 0 Å². The molecule has 31 heavy (non-hydrogen) atoms. The molecule has 0 aliphatic heterocycles. The van der Waals surface area contributed by atoms with Gasteiger partial charge in [-0.15, -0.1) is 11.3 Å². The van der Waals surface area contributed by atoms with Crippen molar-refractivity contribution in [3.8, 4) is 10.6 Å². The average Bonchev–Trinajstić information content (AvgIpc) is 3.24. The molecule has 10 heteroatoms. The van der Waals surface area contributed by atoms with Gasteiger partial charge in [0, 0.05) is 11.6 Å². The van der Waals surface area contributed by atoms with Crippen LogP contribution in [0.5, 0.6) is 0 Å². The summed E-state index contributed by atoms with van der Waals surface area (Å²) in [5.74, 6) is -2.25. The van der Waals surface area contributed by atoms with E-state index in [1.54, 1.807) is 0 Å². The molecule has 0 spiro atoms. The van der Waals surface area contributed by atoms with E-state index in [9.17, 15) is 22.0 Å². The maximum absolute atomic E-state index is 14.0. The highest BCUT2D eigenvalue weighted by Gasteiger charge is 2.31. The van der Waals surface area contributed by atoms with Crippen molar-refractivity contribution in [3.05, 3.63) is 59.4 Å². The second-order valence-corrected chi connectivity index (χ2v) is 10.3. The first kappa shape index (κ1) is 21.5. The monoisotopic (exact) mass is 463 g/mol. The summed E-state index contributed by atoms with van der Waals surface area (Å²) in [6, 6.07) is 4.84. The lowest BCUT2D eigenvalue weighted by Gasteiger charge is -2.22. The standard InChI is InChI=1S/C21H19F2N3O3S2/c22-14-7-4-8-15(23)19(14)21-26-17(12-30-21)20(27)25-16-11-24-10-9-18(16)31(28,29)13-5-2-1-3-6-13/h4,7-13H,1-3,5-6H2,(H,25,27). The third-order valence-electron chi connectivity index (χ3n) is 5.24. The van der Waals surface area contributed by atoms with E-state index in [1.807, 2.05) is 0 Å². The molecule has 0 atom stereocenters. The van der Waals surface area contributed by atoms with E-state index in [-0.39, 0.29) is 26.8 Å². The number of anilines is 1. The summed E-state index contributed by atoms with van der Waals surface area (Å²) in [4.78, 5) is 20.7. The Balaban J connectivity index is 1.60. The lowest BCUT2D eigenvalue weighted by atomic mass is 10.0. The highest BCUT2D eigenvalue weighted by molar-refractivity contribution is 7.92. The first-order valence-corrected chi connectivity index (χ1v) is 12.2. The van der Waals surface area contributed by atoms with Crippen LogP contribution >= 0.6 is 11.3 Å². The summed E-state index contributed by atoms with van der Waals surface area (Å²) in [7, 11) is -3.64. The summed E-state index contributed by atoms with van der Waals surface area (Å²) in [5, 5.41) is 3.43. The van der Waals surface area contributed by atoms with Crippen LogP contribution in [0, 0.1) is 11.6 Å². The number of amides is 1. The Labute approximate surface area is 182 Å². The van der Waals surface area contributed by atoms with Crippen molar-refractivity contribution in [1.82, 2.24) is 9.97 Å². The molecular weight excluding hydrogens is 444 g/mol. The Bertz CT molecular complexity index is 1200. The van der Waals surface area contributed by atoms with Gasteiger partial charge < -0.3 is 5.32 Å². The van der Waals surface area contributed by atoms with Crippen LogP contribution < -0.4 is 5.32 Å². The van der Waals surface area contributed by atoms with Crippen molar-refractivity contribution in [2.45, 2.75) is 42.2 Å². The molecule has 0 saturated heterocycles. The molecule has 0 unspecified atom stereocenters. The van der Waals surface area contributed by atoms with Gasteiger partial charge in [-0.05, 0) is 31.0 Å². The molecule has 1 aliphatic rings. The van der Waals surface area contributed by atoms with Gasteiger partial charge in [-0.2, -0.15) is 0 Å². The highest BCUT2D eigenvalue weighted by Crippen LogP contribution is 2.33. The molecule has 162 valence electrons. The molecule has 1 aromatic carbocycles.